The highest BCUT2D eigenvalue weighted by Gasteiger charge is 1.97. The minimum absolute atomic E-state index is 0.764. The molecule has 0 radical (unpaired) electrons. The van der Waals surface area contributed by atoms with Gasteiger partial charge in [0.25, 0.3) is 0 Å². The molecule has 0 aliphatic rings. The fourth-order valence-corrected chi connectivity index (χ4v) is 1.59. The Bertz CT molecular complexity index is 437. The van der Waals surface area contributed by atoms with Gasteiger partial charge in [-0.1, -0.05) is 13.0 Å². The molecule has 0 saturated carbocycles. The molecule has 0 unspecified atom stereocenters. The van der Waals surface area contributed by atoms with Gasteiger partial charge >= 0.3 is 0 Å². The van der Waals surface area contributed by atoms with Gasteiger partial charge in [-0.25, -0.2) is 0 Å². The second kappa shape index (κ2) is 5.99. The monoisotopic (exact) mass is 230 g/mol. The van der Waals surface area contributed by atoms with E-state index in [-0.39, 0.29) is 0 Å². The summed E-state index contributed by atoms with van der Waals surface area (Å²) in [6.07, 6.45) is 2.96. The maximum absolute atomic E-state index is 5.59. The molecule has 0 fully saturated rings. The summed E-state index contributed by atoms with van der Waals surface area (Å²) in [5.74, 6) is 0.920. The van der Waals surface area contributed by atoms with Crippen LogP contribution in [0.4, 0.5) is 5.69 Å². The molecular weight excluding hydrogens is 212 g/mol. The topological polar surface area (TPSA) is 37.0 Å². The number of hydrogen-bond donors (Lipinski definition) is 2. The quantitative estimate of drug-likeness (QED) is 0.798. The van der Waals surface area contributed by atoms with Gasteiger partial charge in [-0.3, -0.25) is 0 Å². The van der Waals surface area contributed by atoms with E-state index in [2.05, 4.69) is 23.3 Å². The van der Waals surface area contributed by atoms with E-state index < -0.39 is 0 Å². The molecule has 2 rings (SSSR count). The minimum Gasteiger partial charge on any atom is -0.494 e. The first-order chi connectivity index (χ1) is 8.38. The number of aromatic nitrogens is 1. The zero-order valence-electron chi connectivity index (χ0n) is 10.1. The predicted octanol–water partition coefficient (Wildman–Crippen LogP) is 3.42. The average molecular weight is 230 g/mol. The fraction of sp³-hybridized carbons (Fsp3) is 0.286. The Balaban J connectivity index is 1.91. The van der Waals surface area contributed by atoms with Crippen molar-refractivity contribution in [2.75, 3.05) is 11.9 Å². The molecule has 0 aliphatic carbocycles. The molecule has 17 heavy (non-hydrogen) atoms. The van der Waals surface area contributed by atoms with Gasteiger partial charge in [-0.15, -0.1) is 0 Å². The van der Waals surface area contributed by atoms with Crippen LogP contribution in [-0.2, 0) is 6.54 Å². The molecule has 1 heterocycles. The van der Waals surface area contributed by atoms with Crippen molar-refractivity contribution in [3.63, 3.8) is 0 Å². The van der Waals surface area contributed by atoms with Crippen LogP contribution >= 0.6 is 0 Å². The molecule has 2 aromatic rings. The average Bonchev–Trinajstić information content (AvgIpc) is 2.87. The van der Waals surface area contributed by atoms with Gasteiger partial charge in [-0.05, 0) is 30.7 Å². The second-order valence-corrected chi connectivity index (χ2v) is 3.93. The second-order valence-electron chi connectivity index (χ2n) is 3.93. The van der Waals surface area contributed by atoms with E-state index in [0.29, 0.717) is 0 Å². The van der Waals surface area contributed by atoms with Crippen LogP contribution in [0.2, 0.25) is 0 Å². The van der Waals surface area contributed by atoms with Crippen molar-refractivity contribution in [2.24, 2.45) is 0 Å². The van der Waals surface area contributed by atoms with E-state index in [4.69, 9.17) is 4.74 Å². The van der Waals surface area contributed by atoms with Crippen molar-refractivity contribution >= 4 is 5.69 Å². The molecule has 90 valence electrons. The lowest BCUT2D eigenvalue weighted by Crippen LogP contribution is -2.00. The third-order valence-electron chi connectivity index (χ3n) is 2.45. The van der Waals surface area contributed by atoms with E-state index in [1.807, 2.05) is 36.5 Å². The molecule has 3 heteroatoms. The van der Waals surface area contributed by atoms with Gasteiger partial charge in [0.05, 0.1) is 13.2 Å². The number of nitrogens with one attached hydrogen (secondary N) is 2. The van der Waals surface area contributed by atoms with Crippen LogP contribution in [0, 0.1) is 0 Å². The third-order valence-corrected chi connectivity index (χ3v) is 2.45. The summed E-state index contributed by atoms with van der Waals surface area (Å²) in [5, 5.41) is 3.35. The SMILES string of the molecule is CCCOc1cccc(NCc2ccc[nH]2)c1. The van der Waals surface area contributed by atoms with Crippen molar-refractivity contribution < 1.29 is 4.74 Å². The van der Waals surface area contributed by atoms with Crippen LogP contribution in [0.15, 0.2) is 42.6 Å². The smallest absolute Gasteiger partial charge is 0.121 e. The lowest BCUT2D eigenvalue weighted by atomic mass is 10.3. The fourth-order valence-electron chi connectivity index (χ4n) is 1.59. The zero-order chi connectivity index (χ0) is 11.9. The summed E-state index contributed by atoms with van der Waals surface area (Å²) in [5.41, 5.74) is 2.25. The number of benzene rings is 1. The molecular formula is C14H18N2O. The van der Waals surface area contributed by atoms with E-state index in [9.17, 15) is 0 Å². The van der Waals surface area contributed by atoms with E-state index >= 15 is 0 Å². The lowest BCUT2D eigenvalue weighted by molar-refractivity contribution is 0.317. The Morgan fingerprint density at radius 1 is 1.24 bits per heavy atom. The Morgan fingerprint density at radius 2 is 2.18 bits per heavy atom. The third kappa shape index (κ3) is 3.55. The first-order valence-electron chi connectivity index (χ1n) is 5.97. The highest BCUT2D eigenvalue weighted by Crippen LogP contribution is 2.18. The van der Waals surface area contributed by atoms with Gasteiger partial charge in [0.1, 0.15) is 5.75 Å². The maximum atomic E-state index is 5.59. The molecule has 0 amide bonds. The Morgan fingerprint density at radius 3 is 2.94 bits per heavy atom. The van der Waals surface area contributed by atoms with E-state index in [1.54, 1.807) is 0 Å². The van der Waals surface area contributed by atoms with Crippen molar-refractivity contribution in [1.82, 2.24) is 4.98 Å². The molecule has 0 atom stereocenters. The summed E-state index contributed by atoms with van der Waals surface area (Å²) < 4.78 is 5.59. The van der Waals surface area contributed by atoms with Crippen molar-refractivity contribution in [3.8, 4) is 5.75 Å². The van der Waals surface area contributed by atoms with Gasteiger partial charge in [0.2, 0.25) is 0 Å². The van der Waals surface area contributed by atoms with Crippen molar-refractivity contribution in [2.45, 2.75) is 19.9 Å². The van der Waals surface area contributed by atoms with Crippen LogP contribution in [-0.4, -0.2) is 11.6 Å². The van der Waals surface area contributed by atoms with Crippen LogP contribution in [0.5, 0.6) is 5.75 Å². The van der Waals surface area contributed by atoms with E-state index in [1.165, 1.54) is 5.69 Å². The number of ether oxygens (including phenoxy) is 1. The number of hydrogen-bond acceptors (Lipinski definition) is 2. The molecule has 1 aromatic carbocycles. The van der Waals surface area contributed by atoms with Crippen molar-refractivity contribution in [1.29, 1.82) is 0 Å². The molecule has 0 bridgehead atoms. The van der Waals surface area contributed by atoms with Crippen LogP contribution in [0.1, 0.15) is 19.0 Å². The first-order valence-corrected chi connectivity index (χ1v) is 5.97. The maximum Gasteiger partial charge on any atom is 0.121 e. The van der Waals surface area contributed by atoms with Gasteiger partial charge in [0, 0.05) is 23.6 Å². The summed E-state index contributed by atoms with van der Waals surface area (Å²) in [6, 6.07) is 12.1. The van der Waals surface area contributed by atoms with Gasteiger partial charge < -0.3 is 15.0 Å². The molecule has 1 aromatic heterocycles. The highest BCUT2D eigenvalue weighted by molar-refractivity contribution is 5.48. The first kappa shape index (κ1) is 11.6. The predicted molar refractivity (Wildman–Crippen MR) is 70.3 cm³/mol. The van der Waals surface area contributed by atoms with Crippen molar-refractivity contribution in [3.05, 3.63) is 48.3 Å². The molecule has 0 saturated heterocycles. The van der Waals surface area contributed by atoms with Crippen LogP contribution in [0.3, 0.4) is 0 Å². The molecule has 0 aliphatic heterocycles. The van der Waals surface area contributed by atoms with Crippen LogP contribution in [0.25, 0.3) is 0 Å². The number of anilines is 1. The summed E-state index contributed by atoms with van der Waals surface area (Å²) in [6.45, 7) is 3.66. The number of H-pyrrole nitrogens is 1. The Labute approximate surface area is 102 Å². The van der Waals surface area contributed by atoms with Crippen LogP contribution < -0.4 is 10.1 Å². The normalized spacial score (nSPS) is 10.2. The van der Waals surface area contributed by atoms with E-state index in [0.717, 1.165) is 31.0 Å². The highest BCUT2D eigenvalue weighted by atomic mass is 16.5. The molecule has 2 N–H and O–H groups in total. The lowest BCUT2D eigenvalue weighted by Gasteiger charge is -2.08. The van der Waals surface area contributed by atoms with Gasteiger partial charge in [0.15, 0.2) is 0 Å². The number of rotatable bonds is 6. The Hall–Kier alpha value is -1.90. The molecule has 0 spiro atoms. The number of aromatic amines is 1. The van der Waals surface area contributed by atoms with Gasteiger partial charge in [-0.2, -0.15) is 0 Å². The summed E-state index contributed by atoms with van der Waals surface area (Å²) >= 11 is 0. The summed E-state index contributed by atoms with van der Waals surface area (Å²) in [7, 11) is 0. The minimum atomic E-state index is 0.764. The Kier molecular flexibility index (Phi) is 4.08. The standard InChI is InChI=1S/C14H18N2O/c1-2-9-17-14-7-3-5-12(10-14)16-11-13-6-4-8-15-13/h3-8,10,15-16H,2,9,11H2,1H3. The largest absolute Gasteiger partial charge is 0.494 e. The zero-order valence-corrected chi connectivity index (χ0v) is 10.1. The summed E-state index contributed by atoms with van der Waals surface area (Å²) in [4.78, 5) is 3.16. The molecule has 3 nitrogen and oxygen atoms in total.